The monoisotopic (exact) mass is 322 g/mol. The standard InChI is InChI=1S/C16H22N2O5/c1-3-5-13(16(21)22)18-14(19)10-17-15(20)11-6-8-12(9-7-11)23-4-2/h6-9,13H,3-5,10H2,1-2H3,(H,17,20)(H,18,19)(H,21,22). The summed E-state index contributed by atoms with van der Waals surface area (Å²) in [6.07, 6.45) is 0.976. The van der Waals surface area contributed by atoms with Crippen molar-refractivity contribution >= 4 is 17.8 Å². The first-order valence-corrected chi connectivity index (χ1v) is 7.51. The molecule has 0 aliphatic rings. The largest absolute Gasteiger partial charge is 0.494 e. The Morgan fingerprint density at radius 2 is 1.83 bits per heavy atom. The molecule has 0 radical (unpaired) electrons. The fraction of sp³-hybridized carbons (Fsp3) is 0.438. The number of aliphatic carboxylic acids is 1. The van der Waals surface area contributed by atoms with Crippen molar-refractivity contribution in [3.05, 3.63) is 29.8 Å². The van der Waals surface area contributed by atoms with E-state index in [0.29, 0.717) is 30.8 Å². The van der Waals surface area contributed by atoms with Crippen molar-refractivity contribution in [2.45, 2.75) is 32.7 Å². The van der Waals surface area contributed by atoms with Crippen molar-refractivity contribution in [2.75, 3.05) is 13.2 Å². The fourth-order valence-electron chi connectivity index (χ4n) is 1.92. The van der Waals surface area contributed by atoms with E-state index in [2.05, 4.69) is 10.6 Å². The van der Waals surface area contributed by atoms with Crippen LogP contribution in [0.25, 0.3) is 0 Å². The minimum Gasteiger partial charge on any atom is -0.494 e. The van der Waals surface area contributed by atoms with Crippen LogP contribution in [0.2, 0.25) is 0 Å². The molecule has 0 saturated heterocycles. The smallest absolute Gasteiger partial charge is 0.326 e. The summed E-state index contributed by atoms with van der Waals surface area (Å²) in [5, 5.41) is 13.8. The third-order valence-corrected chi connectivity index (χ3v) is 3.05. The Kier molecular flexibility index (Phi) is 7.59. The Morgan fingerprint density at radius 3 is 2.35 bits per heavy atom. The van der Waals surface area contributed by atoms with Crippen LogP contribution < -0.4 is 15.4 Å². The molecule has 126 valence electrons. The molecule has 23 heavy (non-hydrogen) atoms. The summed E-state index contributed by atoms with van der Waals surface area (Å²) in [6, 6.07) is 5.58. The van der Waals surface area contributed by atoms with Gasteiger partial charge in [-0.15, -0.1) is 0 Å². The molecule has 0 aliphatic heterocycles. The van der Waals surface area contributed by atoms with Crippen molar-refractivity contribution in [1.29, 1.82) is 0 Å². The molecule has 0 bridgehead atoms. The van der Waals surface area contributed by atoms with Crippen LogP contribution in [-0.4, -0.2) is 42.1 Å². The maximum Gasteiger partial charge on any atom is 0.326 e. The normalized spacial score (nSPS) is 11.4. The molecule has 2 amide bonds. The van der Waals surface area contributed by atoms with Crippen molar-refractivity contribution < 1.29 is 24.2 Å². The molecule has 1 rings (SSSR count). The molecule has 1 aromatic rings. The molecule has 7 nitrogen and oxygen atoms in total. The highest BCUT2D eigenvalue weighted by Gasteiger charge is 2.19. The molecule has 0 aromatic heterocycles. The van der Waals surface area contributed by atoms with Crippen LogP contribution in [-0.2, 0) is 9.59 Å². The zero-order valence-electron chi connectivity index (χ0n) is 13.3. The van der Waals surface area contributed by atoms with Crippen LogP contribution in [0.3, 0.4) is 0 Å². The van der Waals surface area contributed by atoms with E-state index in [-0.39, 0.29) is 6.54 Å². The second-order valence-corrected chi connectivity index (χ2v) is 4.89. The Morgan fingerprint density at radius 1 is 1.17 bits per heavy atom. The van der Waals surface area contributed by atoms with Gasteiger partial charge in [-0.2, -0.15) is 0 Å². The number of carboxylic acids is 1. The molecular weight excluding hydrogens is 300 g/mol. The molecule has 0 fully saturated rings. The van der Waals surface area contributed by atoms with Gasteiger partial charge in [-0.1, -0.05) is 13.3 Å². The van der Waals surface area contributed by atoms with Crippen LogP contribution in [0.1, 0.15) is 37.0 Å². The molecule has 0 spiro atoms. The van der Waals surface area contributed by atoms with Crippen molar-refractivity contribution in [1.82, 2.24) is 10.6 Å². The van der Waals surface area contributed by atoms with Crippen LogP contribution in [0.15, 0.2) is 24.3 Å². The van der Waals surface area contributed by atoms with E-state index in [9.17, 15) is 14.4 Å². The quantitative estimate of drug-likeness (QED) is 0.633. The Labute approximate surface area is 135 Å². The third-order valence-electron chi connectivity index (χ3n) is 3.05. The summed E-state index contributed by atoms with van der Waals surface area (Å²) in [7, 11) is 0. The third kappa shape index (κ3) is 6.37. The number of hydrogen-bond acceptors (Lipinski definition) is 4. The number of nitrogens with one attached hydrogen (secondary N) is 2. The van der Waals surface area contributed by atoms with Gasteiger partial charge in [0, 0.05) is 5.56 Å². The lowest BCUT2D eigenvalue weighted by Crippen LogP contribution is -2.45. The lowest BCUT2D eigenvalue weighted by atomic mass is 10.1. The fourth-order valence-corrected chi connectivity index (χ4v) is 1.92. The van der Waals surface area contributed by atoms with E-state index in [0.717, 1.165) is 0 Å². The molecule has 3 N–H and O–H groups in total. The van der Waals surface area contributed by atoms with Crippen molar-refractivity contribution in [3.8, 4) is 5.75 Å². The number of rotatable bonds is 9. The molecule has 7 heteroatoms. The summed E-state index contributed by atoms with van der Waals surface area (Å²) in [5.41, 5.74) is 0.393. The predicted octanol–water partition coefficient (Wildman–Crippen LogP) is 1.18. The Balaban J connectivity index is 2.48. The summed E-state index contributed by atoms with van der Waals surface area (Å²) in [6.45, 7) is 3.95. The van der Waals surface area contributed by atoms with Gasteiger partial charge in [-0.05, 0) is 37.6 Å². The summed E-state index contributed by atoms with van der Waals surface area (Å²) in [5.74, 6) is -1.38. The van der Waals surface area contributed by atoms with Gasteiger partial charge in [-0.25, -0.2) is 4.79 Å². The lowest BCUT2D eigenvalue weighted by molar-refractivity contribution is -0.141. The molecule has 1 unspecified atom stereocenters. The van der Waals surface area contributed by atoms with E-state index in [1.807, 2.05) is 13.8 Å². The highest BCUT2D eigenvalue weighted by atomic mass is 16.5. The van der Waals surface area contributed by atoms with E-state index in [1.165, 1.54) is 0 Å². The average Bonchev–Trinajstić information content (AvgIpc) is 2.53. The first-order valence-electron chi connectivity index (χ1n) is 7.51. The second-order valence-electron chi connectivity index (χ2n) is 4.89. The minimum atomic E-state index is -1.09. The molecular formula is C16H22N2O5. The average molecular weight is 322 g/mol. The van der Waals surface area contributed by atoms with Gasteiger partial charge in [0.05, 0.1) is 13.2 Å². The topological polar surface area (TPSA) is 105 Å². The zero-order chi connectivity index (χ0) is 17.2. The van der Waals surface area contributed by atoms with Crippen LogP contribution in [0.5, 0.6) is 5.75 Å². The highest BCUT2D eigenvalue weighted by Crippen LogP contribution is 2.11. The second kappa shape index (κ2) is 9.45. The first-order chi connectivity index (χ1) is 11.0. The maximum absolute atomic E-state index is 11.9. The van der Waals surface area contributed by atoms with Gasteiger partial charge in [0.15, 0.2) is 0 Å². The summed E-state index contributed by atoms with van der Waals surface area (Å²) in [4.78, 5) is 34.6. The molecule has 0 heterocycles. The van der Waals surface area contributed by atoms with Gasteiger partial charge in [0.1, 0.15) is 11.8 Å². The SMILES string of the molecule is CCCC(NC(=O)CNC(=O)c1ccc(OCC)cc1)C(=O)O. The van der Waals surface area contributed by atoms with E-state index in [4.69, 9.17) is 9.84 Å². The van der Waals surface area contributed by atoms with Crippen LogP contribution >= 0.6 is 0 Å². The minimum absolute atomic E-state index is 0.278. The Bertz CT molecular complexity index is 542. The molecule has 1 atom stereocenters. The number of carbonyl (C=O) groups excluding carboxylic acids is 2. The number of carboxylic acid groups (broad SMARTS) is 1. The van der Waals surface area contributed by atoms with Crippen molar-refractivity contribution in [2.24, 2.45) is 0 Å². The van der Waals surface area contributed by atoms with Gasteiger partial charge in [0.25, 0.3) is 5.91 Å². The first kappa shape index (κ1) is 18.5. The highest BCUT2D eigenvalue weighted by molar-refractivity contribution is 5.96. The van der Waals surface area contributed by atoms with Gasteiger partial charge in [-0.3, -0.25) is 9.59 Å². The van der Waals surface area contributed by atoms with Gasteiger partial charge in [0.2, 0.25) is 5.91 Å². The van der Waals surface area contributed by atoms with Gasteiger partial charge >= 0.3 is 5.97 Å². The van der Waals surface area contributed by atoms with E-state index in [1.54, 1.807) is 24.3 Å². The van der Waals surface area contributed by atoms with Crippen molar-refractivity contribution in [3.63, 3.8) is 0 Å². The maximum atomic E-state index is 11.9. The molecule has 1 aromatic carbocycles. The van der Waals surface area contributed by atoms with Gasteiger partial charge < -0.3 is 20.5 Å². The molecule has 0 aliphatic carbocycles. The number of ether oxygens (including phenoxy) is 1. The predicted molar refractivity (Wildman–Crippen MR) is 84.4 cm³/mol. The lowest BCUT2D eigenvalue weighted by Gasteiger charge is -2.13. The zero-order valence-corrected chi connectivity index (χ0v) is 13.3. The van der Waals surface area contributed by atoms with E-state index < -0.39 is 23.8 Å². The van der Waals surface area contributed by atoms with Crippen LogP contribution in [0.4, 0.5) is 0 Å². The number of amides is 2. The number of carbonyl (C=O) groups is 3. The Hall–Kier alpha value is -2.57. The summed E-state index contributed by atoms with van der Waals surface area (Å²) >= 11 is 0. The van der Waals surface area contributed by atoms with E-state index >= 15 is 0 Å². The number of benzene rings is 1. The van der Waals surface area contributed by atoms with Crippen LogP contribution in [0, 0.1) is 0 Å². The summed E-state index contributed by atoms with van der Waals surface area (Å²) < 4.78 is 5.28. The molecule has 0 saturated carbocycles. The number of hydrogen-bond donors (Lipinski definition) is 3.